The average molecular weight is 312 g/mol. The minimum absolute atomic E-state index is 0.271. The van der Waals surface area contributed by atoms with Gasteiger partial charge in [-0.15, -0.1) is 0 Å². The van der Waals surface area contributed by atoms with Crippen molar-refractivity contribution in [2.75, 3.05) is 13.7 Å². The summed E-state index contributed by atoms with van der Waals surface area (Å²) >= 11 is 0. The Morgan fingerprint density at radius 3 is 2.35 bits per heavy atom. The summed E-state index contributed by atoms with van der Waals surface area (Å²) in [6.07, 6.45) is 2.56. The van der Waals surface area contributed by atoms with Crippen LogP contribution < -0.4 is 14.9 Å². The maximum Gasteiger partial charge on any atom is 0.271 e. The molecule has 0 unspecified atom stereocenters. The van der Waals surface area contributed by atoms with Crippen LogP contribution in [0.2, 0.25) is 0 Å². The highest BCUT2D eigenvalue weighted by Crippen LogP contribution is 2.12. The molecule has 0 fully saturated rings. The molecule has 0 radical (unpaired) electrons. The molecule has 1 amide bonds. The molecule has 0 bridgehead atoms. The van der Waals surface area contributed by atoms with Gasteiger partial charge in [0.05, 0.1) is 19.9 Å². The summed E-state index contributed by atoms with van der Waals surface area (Å²) < 4.78 is 10.6. The Morgan fingerprint density at radius 2 is 1.74 bits per heavy atom. The van der Waals surface area contributed by atoms with Crippen LogP contribution in [0.1, 0.15) is 29.3 Å². The molecule has 0 saturated carbocycles. The fraction of sp³-hybridized carbons (Fsp3) is 0.222. The van der Waals surface area contributed by atoms with Crippen molar-refractivity contribution in [2.45, 2.75) is 13.3 Å². The van der Waals surface area contributed by atoms with E-state index in [2.05, 4.69) is 17.5 Å². The smallest absolute Gasteiger partial charge is 0.271 e. The van der Waals surface area contributed by atoms with Gasteiger partial charge in [0, 0.05) is 5.56 Å². The van der Waals surface area contributed by atoms with Crippen molar-refractivity contribution in [3.05, 3.63) is 59.7 Å². The van der Waals surface area contributed by atoms with Gasteiger partial charge in [-0.1, -0.05) is 6.92 Å². The lowest BCUT2D eigenvalue weighted by Gasteiger charge is -2.04. The number of hydrazone groups is 1. The zero-order chi connectivity index (χ0) is 16.5. The number of nitrogens with zero attached hydrogens (tertiary/aromatic N) is 1. The highest BCUT2D eigenvalue weighted by molar-refractivity contribution is 5.95. The topological polar surface area (TPSA) is 59.9 Å². The van der Waals surface area contributed by atoms with E-state index in [1.54, 1.807) is 37.6 Å². The number of carbonyl (C=O) groups is 1. The maximum atomic E-state index is 11.9. The zero-order valence-corrected chi connectivity index (χ0v) is 13.3. The normalized spacial score (nSPS) is 10.5. The summed E-state index contributed by atoms with van der Waals surface area (Å²) in [4.78, 5) is 11.9. The molecule has 2 aromatic rings. The van der Waals surface area contributed by atoms with Gasteiger partial charge in [0.1, 0.15) is 11.5 Å². The fourth-order valence-electron chi connectivity index (χ4n) is 1.84. The number of benzene rings is 2. The summed E-state index contributed by atoms with van der Waals surface area (Å²) in [6, 6.07) is 14.3. The lowest BCUT2D eigenvalue weighted by molar-refractivity contribution is 0.0955. The van der Waals surface area contributed by atoms with Crippen LogP contribution in [-0.2, 0) is 0 Å². The van der Waals surface area contributed by atoms with Gasteiger partial charge in [0.15, 0.2) is 0 Å². The summed E-state index contributed by atoms with van der Waals surface area (Å²) in [5, 5.41) is 3.96. The van der Waals surface area contributed by atoms with Gasteiger partial charge in [0.2, 0.25) is 0 Å². The Kier molecular flexibility index (Phi) is 6.17. The molecule has 23 heavy (non-hydrogen) atoms. The van der Waals surface area contributed by atoms with Crippen molar-refractivity contribution < 1.29 is 14.3 Å². The van der Waals surface area contributed by atoms with Gasteiger partial charge in [-0.3, -0.25) is 4.79 Å². The number of hydrogen-bond acceptors (Lipinski definition) is 4. The van der Waals surface area contributed by atoms with Gasteiger partial charge in [0.25, 0.3) is 5.91 Å². The number of carbonyl (C=O) groups excluding carboxylic acids is 1. The van der Waals surface area contributed by atoms with Crippen LogP contribution in [0.25, 0.3) is 0 Å². The SMILES string of the molecule is CCCOc1ccc(/C=N\NC(=O)c2ccc(OC)cc2)cc1. The van der Waals surface area contributed by atoms with Crippen LogP contribution in [-0.4, -0.2) is 25.8 Å². The molecule has 120 valence electrons. The number of nitrogens with one attached hydrogen (secondary N) is 1. The van der Waals surface area contributed by atoms with Crippen molar-refractivity contribution >= 4 is 12.1 Å². The number of methoxy groups -OCH3 is 1. The van der Waals surface area contributed by atoms with Crippen molar-refractivity contribution in [1.29, 1.82) is 0 Å². The third-order valence-corrected chi connectivity index (χ3v) is 3.08. The number of amides is 1. The highest BCUT2D eigenvalue weighted by atomic mass is 16.5. The van der Waals surface area contributed by atoms with E-state index in [9.17, 15) is 4.79 Å². The van der Waals surface area contributed by atoms with Gasteiger partial charge in [-0.2, -0.15) is 5.10 Å². The van der Waals surface area contributed by atoms with Crippen molar-refractivity contribution in [3.63, 3.8) is 0 Å². The molecule has 0 heterocycles. The standard InChI is InChI=1S/C18H20N2O3/c1-3-12-23-17-8-4-14(5-9-17)13-19-20-18(21)15-6-10-16(22-2)11-7-15/h4-11,13H,3,12H2,1-2H3,(H,20,21)/b19-13-. The average Bonchev–Trinajstić information content (AvgIpc) is 2.61. The molecule has 2 aromatic carbocycles. The first kappa shape index (κ1) is 16.5. The Labute approximate surface area is 135 Å². The molecule has 1 N–H and O–H groups in total. The van der Waals surface area contributed by atoms with Crippen LogP contribution in [0.3, 0.4) is 0 Å². The summed E-state index contributed by atoms with van der Waals surface area (Å²) in [6.45, 7) is 2.76. The van der Waals surface area contributed by atoms with E-state index in [-0.39, 0.29) is 5.91 Å². The van der Waals surface area contributed by atoms with E-state index in [4.69, 9.17) is 9.47 Å². The van der Waals surface area contributed by atoms with Crippen LogP contribution in [0, 0.1) is 0 Å². The molecule has 0 aliphatic heterocycles. The first-order chi connectivity index (χ1) is 11.2. The maximum absolute atomic E-state index is 11.9. The second kappa shape index (κ2) is 8.58. The van der Waals surface area contributed by atoms with E-state index in [0.717, 1.165) is 17.7 Å². The van der Waals surface area contributed by atoms with E-state index in [0.29, 0.717) is 17.9 Å². The molecule has 5 heteroatoms. The van der Waals surface area contributed by atoms with Crippen LogP contribution >= 0.6 is 0 Å². The van der Waals surface area contributed by atoms with Crippen LogP contribution in [0.4, 0.5) is 0 Å². The molecular weight excluding hydrogens is 292 g/mol. The van der Waals surface area contributed by atoms with Crippen LogP contribution in [0.5, 0.6) is 11.5 Å². The first-order valence-electron chi connectivity index (χ1n) is 7.43. The molecule has 0 aliphatic carbocycles. The monoisotopic (exact) mass is 312 g/mol. The molecule has 0 saturated heterocycles. The largest absolute Gasteiger partial charge is 0.497 e. The second-order valence-electron chi connectivity index (χ2n) is 4.85. The van der Waals surface area contributed by atoms with E-state index >= 15 is 0 Å². The second-order valence-corrected chi connectivity index (χ2v) is 4.85. The number of ether oxygens (including phenoxy) is 2. The molecule has 0 aromatic heterocycles. The van der Waals surface area contributed by atoms with Crippen molar-refractivity contribution in [3.8, 4) is 11.5 Å². The third kappa shape index (κ3) is 5.14. The van der Waals surface area contributed by atoms with E-state index in [1.807, 2.05) is 24.3 Å². The summed E-state index contributed by atoms with van der Waals surface area (Å²) in [5.41, 5.74) is 3.89. The Hall–Kier alpha value is -2.82. The minimum Gasteiger partial charge on any atom is -0.497 e. The lowest BCUT2D eigenvalue weighted by Crippen LogP contribution is -2.17. The fourth-order valence-corrected chi connectivity index (χ4v) is 1.84. The zero-order valence-electron chi connectivity index (χ0n) is 13.3. The Morgan fingerprint density at radius 1 is 1.09 bits per heavy atom. The number of rotatable bonds is 7. The van der Waals surface area contributed by atoms with Crippen LogP contribution in [0.15, 0.2) is 53.6 Å². The van der Waals surface area contributed by atoms with Crippen molar-refractivity contribution in [2.24, 2.45) is 5.10 Å². The number of hydrogen-bond donors (Lipinski definition) is 1. The first-order valence-corrected chi connectivity index (χ1v) is 7.43. The Balaban J connectivity index is 1.88. The lowest BCUT2D eigenvalue weighted by atomic mass is 10.2. The molecule has 0 atom stereocenters. The molecule has 0 aliphatic rings. The molecule has 0 spiro atoms. The predicted molar refractivity (Wildman–Crippen MR) is 90.3 cm³/mol. The molecular formula is C18H20N2O3. The van der Waals surface area contributed by atoms with Gasteiger partial charge in [-0.05, 0) is 60.5 Å². The van der Waals surface area contributed by atoms with E-state index < -0.39 is 0 Å². The van der Waals surface area contributed by atoms with Gasteiger partial charge in [-0.25, -0.2) is 5.43 Å². The van der Waals surface area contributed by atoms with Gasteiger partial charge >= 0.3 is 0 Å². The highest BCUT2D eigenvalue weighted by Gasteiger charge is 2.03. The van der Waals surface area contributed by atoms with Gasteiger partial charge < -0.3 is 9.47 Å². The molecule has 5 nitrogen and oxygen atoms in total. The van der Waals surface area contributed by atoms with E-state index in [1.165, 1.54) is 0 Å². The summed E-state index contributed by atoms with van der Waals surface area (Å²) in [7, 11) is 1.58. The minimum atomic E-state index is -0.271. The third-order valence-electron chi connectivity index (χ3n) is 3.08. The Bertz CT molecular complexity index is 649. The molecule has 2 rings (SSSR count). The summed E-state index contributed by atoms with van der Waals surface area (Å²) in [5.74, 6) is 1.26. The quantitative estimate of drug-likeness (QED) is 0.630. The van der Waals surface area contributed by atoms with Crippen molar-refractivity contribution in [1.82, 2.24) is 5.43 Å². The predicted octanol–water partition coefficient (Wildman–Crippen LogP) is 3.25.